The van der Waals surface area contributed by atoms with E-state index in [1.165, 1.54) is 12.1 Å². The molecule has 2 N–H and O–H groups in total. The molecule has 2 rings (SSSR count). The molecule has 26 heavy (non-hydrogen) atoms. The van der Waals surface area contributed by atoms with Crippen LogP contribution in [-0.2, 0) is 0 Å². The van der Waals surface area contributed by atoms with E-state index >= 15 is 0 Å². The van der Waals surface area contributed by atoms with E-state index in [1.807, 2.05) is 34.9 Å². The highest BCUT2D eigenvalue weighted by Gasteiger charge is 2.27. The predicted octanol–water partition coefficient (Wildman–Crippen LogP) is 4.06. The predicted molar refractivity (Wildman–Crippen MR) is 98.7 cm³/mol. The van der Waals surface area contributed by atoms with E-state index in [4.69, 9.17) is 11.6 Å². The number of rotatable bonds is 6. The Labute approximate surface area is 155 Å². The molecule has 0 saturated carbocycles. The van der Waals surface area contributed by atoms with Gasteiger partial charge < -0.3 is 20.3 Å². The number of halogens is 3. The quantitative estimate of drug-likeness (QED) is 0.725. The highest BCUT2D eigenvalue weighted by atomic mass is 35.5. The molecule has 0 spiro atoms. The van der Waals surface area contributed by atoms with E-state index in [0.29, 0.717) is 23.5 Å². The number of alkyl halides is 3. The van der Waals surface area contributed by atoms with Crippen molar-refractivity contribution in [1.82, 2.24) is 15.0 Å². The lowest BCUT2D eigenvalue weighted by Crippen LogP contribution is -2.28. The average molecular weight is 387 g/mol. The Bertz CT molecular complexity index is 744. The van der Waals surface area contributed by atoms with Gasteiger partial charge in [0.2, 0.25) is 17.8 Å². The first kappa shape index (κ1) is 19.9. The number of hydrogen-bond donors (Lipinski definition) is 2. The maximum absolute atomic E-state index is 12.6. The third-order valence-corrected chi connectivity index (χ3v) is 2.93. The second-order valence-corrected chi connectivity index (χ2v) is 7.19. The number of hydrogen-bond acceptors (Lipinski definition) is 7. The fourth-order valence-electron chi connectivity index (χ4n) is 1.88. The molecular weight excluding hydrogens is 366 g/mol. The summed E-state index contributed by atoms with van der Waals surface area (Å²) in [6, 6.07) is 5.82. The topological polar surface area (TPSA) is 75.2 Å². The Hall–Kier alpha value is -2.42. The van der Waals surface area contributed by atoms with Crippen molar-refractivity contribution >= 4 is 35.1 Å². The monoisotopic (exact) mass is 386 g/mol. The van der Waals surface area contributed by atoms with Gasteiger partial charge in [-0.3, -0.25) is 0 Å². The summed E-state index contributed by atoms with van der Waals surface area (Å²) in [5.74, 6) is 1.14. The van der Waals surface area contributed by atoms with E-state index < -0.39 is 5.57 Å². The standard InChI is InChI=1S/C16H21ClF2N6O/c1-15(2,3)24-13-21-12(22-14(23-13)25(4)5)20-10-6-8-11(9-7-10)26-16(17,18)19/h6-9H,1-5H3,(H2,20,21,22,23,24). The normalized spacial score (nSPS) is 11.8. The van der Waals surface area contributed by atoms with Crippen molar-refractivity contribution in [1.29, 1.82) is 0 Å². The van der Waals surface area contributed by atoms with Gasteiger partial charge in [-0.25, -0.2) is 0 Å². The van der Waals surface area contributed by atoms with Crippen LogP contribution in [0.5, 0.6) is 5.75 Å². The molecule has 0 aliphatic rings. The van der Waals surface area contributed by atoms with Gasteiger partial charge in [0.25, 0.3) is 0 Å². The van der Waals surface area contributed by atoms with Crippen LogP contribution >= 0.6 is 11.6 Å². The van der Waals surface area contributed by atoms with Gasteiger partial charge in [-0.2, -0.15) is 15.0 Å². The first-order valence-corrected chi connectivity index (χ1v) is 8.13. The zero-order valence-corrected chi connectivity index (χ0v) is 15.9. The molecular formula is C16H21ClF2N6O. The number of anilines is 4. The number of nitrogens with one attached hydrogen (secondary N) is 2. The molecule has 0 saturated heterocycles. The molecule has 10 heteroatoms. The zero-order chi connectivity index (χ0) is 19.5. The number of benzene rings is 1. The van der Waals surface area contributed by atoms with Gasteiger partial charge in [-0.05, 0) is 45.0 Å². The van der Waals surface area contributed by atoms with Crippen LogP contribution in [-0.4, -0.2) is 40.2 Å². The molecule has 1 aromatic carbocycles. The number of ether oxygens (including phenoxy) is 1. The first-order valence-electron chi connectivity index (χ1n) is 7.76. The van der Waals surface area contributed by atoms with Crippen molar-refractivity contribution in [2.75, 3.05) is 29.6 Å². The van der Waals surface area contributed by atoms with Crippen molar-refractivity contribution in [3.05, 3.63) is 24.3 Å². The van der Waals surface area contributed by atoms with E-state index in [0.717, 1.165) is 0 Å². The fraction of sp³-hybridized carbons (Fsp3) is 0.438. The van der Waals surface area contributed by atoms with Crippen molar-refractivity contribution in [3.8, 4) is 5.75 Å². The molecule has 0 aliphatic carbocycles. The van der Waals surface area contributed by atoms with Crippen molar-refractivity contribution in [3.63, 3.8) is 0 Å². The van der Waals surface area contributed by atoms with Crippen molar-refractivity contribution < 1.29 is 13.5 Å². The van der Waals surface area contributed by atoms with Crippen LogP contribution in [0.2, 0.25) is 0 Å². The second kappa shape index (κ2) is 7.45. The molecule has 0 unspecified atom stereocenters. The highest BCUT2D eigenvalue weighted by Crippen LogP contribution is 2.27. The molecule has 1 aromatic heterocycles. The molecule has 0 radical (unpaired) electrons. The molecule has 0 fully saturated rings. The Morgan fingerprint density at radius 2 is 1.58 bits per heavy atom. The second-order valence-electron chi connectivity index (χ2n) is 6.75. The van der Waals surface area contributed by atoms with Crippen LogP contribution < -0.4 is 20.3 Å². The van der Waals surface area contributed by atoms with Gasteiger partial charge in [-0.1, -0.05) is 0 Å². The van der Waals surface area contributed by atoms with Crippen LogP contribution in [0.25, 0.3) is 0 Å². The fourth-order valence-corrected chi connectivity index (χ4v) is 1.97. The third-order valence-electron chi connectivity index (χ3n) is 2.85. The summed E-state index contributed by atoms with van der Waals surface area (Å²) in [6.07, 6.45) is 0. The first-order chi connectivity index (χ1) is 11.9. The summed E-state index contributed by atoms with van der Waals surface area (Å²) < 4.78 is 29.6. The van der Waals surface area contributed by atoms with Gasteiger partial charge in [0, 0.05) is 36.9 Å². The maximum atomic E-state index is 12.6. The van der Waals surface area contributed by atoms with Gasteiger partial charge in [-0.15, -0.1) is 8.78 Å². The maximum Gasteiger partial charge on any atom is 0.487 e. The highest BCUT2D eigenvalue weighted by molar-refractivity contribution is 6.20. The van der Waals surface area contributed by atoms with E-state index in [2.05, 4.69) is 30.3 Å². The number of nitrogens with zero attached hydrogens (tertiary/aromatic N) is 4. The smallest absolute Gasteiger partial charge is 0.420 e. The van der Waals surface area contributed by atoms with Crippen LogP contribution in [0.4, 0.5) is 32.3 Å². The lowest BCUT2D eigenvalue weighted by Gasteiger charge is -2.22. The van der Waals surface area contributed by atoms with Gasteiger partial charge >= 0.3 is 5.57 Å². The van der Waals surface area contributed by atoms with Gasteiger partial charge in [0.05, 0.1) is 0 Å². The Kier molecular flexibility index (Phi) is 5.70. The minimum absolute atomic E-state index is 0.0599. The summed E-state index contributed by atoms with van der Waals surface area (Å²) in [7, 11) is 3.64. The molecule has 0 bridgehead atoms. The van der Waals surface area contributed by atoms with E-state index in [-0.39, 0.29) is 11.3 Å². The summed E-state index contributed by atoms with van der Waals surface area (Å²) in [4.78, 5) is 14.8. The molecule has 0 amide bonds. The lowest BCUT2D eigenvalue weighted by atomic mass is 10.1. The van der Waals surface area contributed by atoms with Crippen LogP contribution in [0.3, 0.4) is 0 Å². The molecule has 7 nitrogen and oxygen atoms in total. The van der Waals surface area contributed by atoms with Crippen LogP contribution in [0.1, 0.15) is 20.8 Å². The van der Waals surface area contributed by atoms with Crippen molar-refractivity contribution in [2.24, 2.45) is 0 Å². The lowest BCUT2D eigenvalue weighted by molar-refractivity contribution is -0.0964. The minimum atomic E-state index is -3.75. The Morgan fingerprint density at radius 1 is 1.00 bits per heavy atom. The average Bonchev–Trinajstić information content (AvgIpc) is 2.45. The van der Waals surface area contributed by atoms with Crippen LogP contribution in [0, 0.1) is 0 Å². The largest absolute Gasteiger partial charge is 0.487 e. The Morgan fingerprint density at radius 3 is 2.08 bits per heavy atom. The molecule has 2 aromatic rings. The van der Waals surface area contributed by atoms with Gasteiger partial charge in [0.15, 0.2) is 0 Å². The number of aromatic nitrogens is 3. The molecule has 0 aliphatic heterocycles. The summed E-state index contributed by atoms with van der Waals surface area (Å²) in [6.45, 7) is 5.97. The van der Waals surface area contributed by atoms with Crippen molar-refractivity contribution in [2.45, 2.75) is 31.9 Å². The Balaban J connectivity index is 2.22. The molecule has 1 heterocycles. The zero-order valence-electron chi connectivity index (χ0n) is 15.1. The summed E-state index contributed by atoms with van der Waals surface area (Å²) in [5, 5.41) is 6.20. The third kappa shape index (κ3) is 6.47. The minimum Gasteiger partial charge on any atom is -0.420 e. The van der Waals surface area contributed by atoms with Crippen LogP contribution in [0.15, 0.2) is 24.3 Å². The molecule has 142 valence electrons. The summed E-state index contributed by atoms with van der Waals surface area (Å²) >= 11 is 4.74. The molecule has 0 atom stereocenters. The SMILES string of the molecule is CN(C)c1nc(Nc2ccc(OC(F)(F)Cl)cc2)nc(NC(C)(C)C)n1. The summed E-state index contributed by atoms with van der Waals surface area (Å²) in [5.41, 5.74) is -3.39. The van der Waals surface area contributed by atoms with E-state index in [1.54, 1.807) is 17.0 Å². The van der Waals surface area contributed by atoms with E-state index in [9.17, 15) is 8.78 Å². The van der Waals surface area contributed by atoms with Gasteiger partial charge in [0.1, 0.15) is 5.75 Å².